The summed E-state index contributed by atoms with van der Waals surface area (Å²) in [6.07, 6.45) is 0.0545. The first kappa shape index (κ1) is 23.8. The molecule has 33 heavy (non-hydrogen) atoms. The molecule has 0 aliphatic rings. The van der Waals surface area contributed by atoms with E-state index < -0.39 is 16.7 Å². The molecule has 3 rings (SSSR count). The van der Waals surface area contributed by atoms with Gasteiger partial charge >= 0.3 is 0 Å². The van der Waals surface area contributed by atoms with Crippen molar-refractivity contribution in [3.05, 3.63) is 99.1 Å². The third kappa shape index (κ3) is 6.56. The lowest BCUT2D eigenvalue weighted by Gasteiger charge is -2.09. The van der Waals surface area contributed by atoms with E-state index in [9.17, 15) is 19.7 Å². The highest BCUT2D eigenvalue weighted by atomic mass is 32.2. The molecule has 8 nitrogen and oxygen atoms in total. The van der Waals surface area contributed by atoms with Gasteiger partial charge in [-0.2, -0.15) is 0 Å². The maximum Gasteiger partial charge on any atom is 0.283 e. The molecule has 0 bridgehead atoms. The van der Waals surface area contributed by atoms with Crippen molar-refractivity contribution in [2.75, 3.05) is 7.11 Å². The summed E-state index contributed by atoms with van der Waals surface area (Å²) in [5.74, 6) is 0.181. The number of ether oxygens (including phenoxy) is 1. The maximum atomic E-state index is 12.4. The van der Waals surface area contributed by atoms with Crippen LogP contribution in [0.3, 0.4) is 0 Å². The molecule has 0 aromatic heterocycles. The van der Waals surface area contributed by atoms with Crippen molar-refractivity contribution in [1.29, 1.82) is 0 Å². The van der Waals surface area contributed by atoms with Crippen LogP contribution in [-0.4, -0.2) is 23.8 Å². The van der Waals surface area contributed by atoms with E-state index >= 15 is 0 Å². The zero-order valence-corrected chi connectivity index (χ0v) is 19.0. The first-order valence-corrected chi connectivity index (χ1v) is 11.0. The monoisotopic (exact) mass is 465 g/mol. The van der Waals surface area contributed by atoms with E-state index in [4.69, 9.17) is 4.74 Å². The molecule has 3 aromatic carbocycles. The maximum absolute atomic E-state index is 12.4. The molecule has 0 unspecified atom stereocenters. The average Bonchev–Trinajstić information content (AvgIpc) is 2.82. The SMILES string of the molecule is COc1ccc(CC(=O)NNC(=O)c2ccc(SCc3ccccc3C)c([N+](=O)[O-])c2)cc1. The van der Waals surface area contributed by atoms with Gasteiger partial charge in [0.15, 0.2) is 0 Å². The number of nitro benzene ring substituents is 1. The fourth-order valence-corrected chi connectivity index (χ4v) is 4.10. The quantitative estimate of drug-likeness (QED) is 0.293. The Hall–Kier alpha value is -3.85. The molecule has 0 saturated heterocycles. The molecule has 0 fully saturated rings. The molecule has 0 aliphatic heterocycles. The molecule has 0 spiro atoms. The smallest absolute Gasteiger partial charge is 0.283 e. The predicted molar refractivity (Wildman–Crippen MR) is 126 cm³/mol. The largest absolute Gasteiger partial charge is 0.497 e. The number of amides is 2. The van der Waals surface area contributed by atoms with Gasteiger partial charge in [-0.1, -0.05) is 36.4 Å². The minimum absolute atomic E-state index is 0.0545. The Balaban J connectivity index is 1.61. The second-order valence-corrected chi connectivity index (χ2v) is 8.20. The van der Waals surface area contributed by atoms with E-state index in [2.05, 4.69) is 10.9 Å². The Kier molecular flexibility index (Phi) is 8.04. The Morgan fingerprint density at radius 1 is 1.03 bits per heavy atom. The number of thioether (sulfide) groups is 1. The zero-order chi connectivity index (χ0) is 23.8. The molecule has 0 saturated carbocycles. The van der Waals surface area contributed by atoms with E-state index in [0.717, 1.165) is 16.7 Å². The van der Waals surface area contributed by atoms with Crippen LogP contribution in [0.15, 0.2) is 71.6 Å². The third-order valence-corrected chi connectivity index (χ3v) is 6.01. The van der Waals surface area contributed by atoms with Crippen LogP contribution in [0.5, 0.6) is 5.75 Å². The van der Waals surface area contributed by atoms with Gasteiger partial charge < -0.3 is 4.74 Å². The lowest BCUT2D eigenvalue weighted by Crippen LogP contribution is -2.42. The molecule has 2 N–H and O–H groups in total. The second-order valence-electron chi connectivity index (χ2n) is 7.18. The number of carbonyl (C=O) groups excluding carboxylic acids is 2. The summed E-state index contributed by atoms with van der Waals surface area (Å²) in [5, 5.41) is 11.6. The lowest BCUT2D eigenvalue weighted by atomic mass is 10.1. The predicted octanol–water partition coefficient (Wildman–Crippen LogP) is 4.21. The van der Waals surface area contributed by atoms with Crippen LogP contribution in [0.2, 0.25) is 0 Å². The zero-order valence-electron chi connectivity index (χ0n) is 18.2. The summed E-state index contributed by atoms with van der Waals surface area (Å²) in [4.78, 5) is 36.1. The van der Waals surface area contributed by atoms with Gasteiger partial charge in [0, 0.05) is 17.4 Å². The van der Waals surface area contributed by atoms with Crippen molar-refractivity contribution >= 4 is 29.3 Å². The van der Waals surface area contributed by atoms with Crippen LogP contribution >= 0.6 is 11.8 Å². The molecule has 9 heteroatoms. The topological polar surface area (TPSA) is 111 Å². The number of benzene rings is 3. The minimum atomic E-state index is -0.642. The van der Waals surface area contributed by atoms with Crippen LogP contribution in [0.25, 0.3) is 0 Å². The van der Waals surface area contributed by atoms with Gasteiger partial charge in [-0.3, -0.25) is 30.6 Å². The molecular formula is C24H23N3O5S. The summed E-state index contributed by atoms with van der Waals surface area (Å²) in [5.41, 5.74) is 7.47. The Bertz CT molecular complexity index is 1170. The lowest BCUT2D eigenvalue weighted by molar-refractivity contribution is -0.387. The van der Waals surface area contributed by atoms with E-state index in [0.29, 0.717) is 16.4 Å². The number of methoxy groups -OCH3 is 1. The van der Waals surface area contributed by atoms with E-state index in [-0.39, 0.29) is 17.7 Å². The highest BCUT2D eigenvalue weighted by Gasteiger charge is 2.19. The van der Waals surface area contributed by atoms with Gasteiger partial charge in [-0.05, 0) is 47.9 Å². The number of nitro groups is 1. The number of carbonyl (C=O) groups is 2. The van der Waals surface area contributed by atoms with Crippen molar-refractivity contribution < 1.29 is 19.2 Å². The number of rotatable bonds is 8. The molecule has 0 aliphatic carbocycles. The van der Waals surface area contributed by atoms with Crippen LogP contribution in [-0.2, 0) is 17.0 Å². The van der Waals surface area contributed by atoms with Crippen LogP contribution in [0.1, 0.15) is 27.0 Å². The van der Waals surface area contributed by atoms with E-state index in [1.807, 2.05) is 31.2 Å². The molecule has 3 aromatic rings. The minimum Gasteiger partial charge on any atom is -0.497 e. The average molecular weight is 466 g/mol. The van der Waals surface area contributed by atoms with Crippen molar-refractivity contribution in [2.45, 2.75) is 24.0 Å². The van der Waals surface area contributed by atoms with Gasteiger partial charge in [0.05, 0.1) is 23.3 Å². The summed E-state index contributed by atoms with van der Waals surface area (Å²) in [6.45, 7) is 1.99. The second kappa shape index (κ2) is 11.1. The van der Waals surface area contributed by atoms with E-state index in [1.54, 1.807) is 37.4 Å². The fraction of sp³-hybridized carbons (Fsp3) is 0.167. The highest BCUT2D eigenvalue weighted by Crippen LogP contribution is 2.33. The van der Waals surface area contributed by atoms with Crippen LogP contribution in [0, 0.1) is 17.0 Å². The van der Waals surface area contributed by atoms with Crippen LogP contribution < -0.4 is 15.6 Å². The first-order valence-electron chi connectivity index (χ1n) is 10.0. The van der Waals surface area contributed by atoms with Gasteiger partial charge in [0.2, 0.25) is 5.91 Å². The number of nitrogens with zero attached hydrogens (tertiary/aromatic N) is 1. The Morgan fingerprint density at radius 3 is 2.42 bits per heavy atom. The normalized spacial score (nSPS) is 10.4. The fourth-order valence-electron chi connectivity index (χ4n) is 3.02. The molecule has 0 heterocycles. The van der Waals surface area contributed by atoms with E-state index in [1.165, 1.54) is 23.9 Å². The number of hydrogen-bond donors (Lipinski definition) is 2. The molecule has 2 amide bonds. The first-order chi connectivity index (χ1) is 15.9. The third-order valence-electron chi connectivity index (χ3n) is 4.90. The summed E-state index contributed by atoms with van der Waals surface area (Å²) in [6, 6.07) is 19.1. The van der Waals surface area contributed by atoms with Gasteiger partial charge in [-0.25, -0.2) is 0 Å². The number of nitrogens with one attached hydrogen (secondary N) is 2. The van der Waals surface area contributed by atoms with Crippen molar-refractivity contribution in [3.63, 3.8) is 0 Å². The van der Waals surface area contributed by atoms with Crippen molar-refractivity contribution in [2.24, 2.45) is 0 Å². The number of aryl methyl sites for hydroxylation is 1. The molecule has 0 radical (unpaired) electrons. The molecule has 170 valence electrons. The summed E-state index contributed by atoms with van der Waals surface area (Å²) in [7, 11) is 1.55. The van der Waals surface area contributed by atoms with Crippen molar-refractivity contribution in [1.82, 2.24) is 10.9 Å². The van der Waals surface area contributed by atoms with Gasteiger partial charge in [0.1, 0.15) is 5.75 Å². The van der Waals surface area contributed by atoms with Crippen molar-refractivity contribution in [3.8, 4) is 5.75 Å². The number of hydrogen-bond acceptors (Lipinski definition) is 6. The summed E-state index contributed by atoms with van der Waals surface area (Å²) < 4.78 is 5.07. The van der Waals surface area contributed by atoms with Gasteiger partial charge in [0.25, 0.3) is 11.6 Å². The molecular weight excluding hydrogens is 442 g/mol. The Morgan fingerprint density at radius 2 is 1.76 bits per heavy atom. The highest BCUT2D eigenvalue weighted by molar-refractivity contribution is 7.98. The van der Waals surface area contributed by atoms with Gasteiger partial charge in [-0.15, -0.1) is 11.8 Å². The van der Waals surface area contributed by atoms with Crippen LogP contribution in [0.4, 0.5) is 5.69 Å². The summed E-state index contributed by atoms with van der Waals surface area (Å²) >= 11 is 1.33. The Labute approximate surface area is 195 Å². The molecule has 0 atom stereocenters. The number of hydrazine groups is 1. The standard InChI is InChI=1S/C24H23N3O5S/c1-16-5-3-4-6-19(16)15-33-22-12-9-18(14-21(22)27(30)31)24(29)26-25-23(28)13-17-7-10-20(32-2)11-8-17/h3-12,14H,13,15H2,1-2H3,(H,25,28)(H,26,29).